The first-order valence-electron chi connectivity index (χ1n) is 6.19. The van der Waals surface area contributed by atoms with Crippen molar-refractivity contribution >= 4 is 5.69 Å². The van der Waals surface area contributed by atoms with E-state index in [1.165, 1.54) is 0 Å². The van der Waals surface area contributed by atoms with E-state index < -0.39 is 0 Å². The molecule has 1 aromatic rings. The molecule has 4 nitrogen and oxygen atoms in total. The van der Waals surface area contributed by atoms with Gasteiger partial charge in [-0.25, -0.2) is 0 Å². The zero-order valence-electron chi connectivity index (χ0n) is 10.6. The van der Waals surface area contributed by atoms with Gasteiger partial charge in [-0.1, -0.05) is 12.1 Å². The SMILES string of the molecule is COCOC1CCCN(c2ccccc2C#N)C1. The van der Waals surface area contributed by atoms with Crippen LogP contribution in [0.2, 0.25) is 0 Å². The fraction of sp³-hybridized carbons (Fsp3) is 0.500. The molecular weight excluding hydrogens is 228 g/mol. The normalized spacial score (nSPS) is 19.6. The van der Waals surface area contributed by atoms with Crippen molar-refractivity contribution in [1.82, 2.24) is 0 Å². The molecule has 0 N–H and O–H groups in total. The third-order valence-corrected chi connectivity index (χ3v) is 3.16. The van der Waals surface area contributed by atoms with Crippen molar-refractivity contribution in [2.24, 2.45) is 0 Å². The van der Waals surface area contributed by atoms with E-state index in [0.29, 0.717) is 6.79 Å². The summed E-state index contributed by atoms with van der Waals surface area (Å²) in [6.07, 6.45) is 2.31. The van der Waals surface area contributed by atoms with Gasteiger partial charge in [0.2, 0.25) is 0 Å². The first-order chi connectivity index (χ1) is 8.85. The Bertz CT molecular complexity index is 428. The molecule has 1 atom stereocenters. The molecule has 2 rings (SSSR count). The van der Waals surface area contributed by atoms with Crippen molar-refractivity contribution in [3.05, 3.63) is 29.8 Å². The van der Waals surface area contributed by atoms with Gasteiger partial charge >= 0.3 is 0 Å². The first kappa shape index (κ1) is 12.9. The van der Waals surface area contributed by atoms with E-state index >= 15 is 0 Å². The number of anilines is 1. The number of rotatable bonds is 4. The lowest BCUT2D eigenvalue weighted by Crippen LogP contribution is -2.40. The Balaban J connectivity index is 2.06. The summed E-state index contributed by atoms with van der Waals surface area (Å²) >= 11 is 0. The lowest BCUT2D eigenvalue weighted by atomic mass is 10.1. The number of hydrogen-bond acceptors (Lipinski definition) is 4. The van der Waals surface area contributed by atoms with Gasteiger partial charge in [0.1, 0.15) is 12.9 Å². The molecule has 0 saturated carbocycles. The lowest BCUT2D eigenvalue weighted by Gasteiger charge is -2.34. The minimum atomic E-state index is 0.186. The Labute approximate surface area is 108 Å². The van der Waals surface area contributed by atoms with Gasteiger partial charge in [0.25, 0.3) is 0 Å². The second-order valence-electron chi connectivity index (χ2n) is 4.41. The van der Waals surface area contributed by atoms with Crippen LogP contribution in [0.4, 0.5) is 5.69 Å². The number of nitriles is 1. The van der Waals surface area contributed by atoms with Crippen LogP contribution in [0.25, 0.3) is 0 Å². The Morgan fingerprint density at radius 1 is 1.44 bits per heavy atom. The predicted molar refractivity (Wildman–Crippen MR) is 69.4 cm³/mol. The van der Waals surface area contributed by atoms with E-state index in [0.717, 1.165) is 37.2 Å². The molecule has 1 aliphatic rings. The van der Waals surface area contributed by atoms with Crippen molar-refractivity contribution in [2.75, 3.05) is 31.9 Å². The number of nitrogens with zero attached hydrogens (tertiary/aromatic N) is 2. The average molecular weight is 246 g/mol. The lowest BCUT2D eigenvalue weighted by molar-refractivity contribution is -0.0743. The van der Waals surface area contributed by atoms with Crippen molar-refractivity contribution in [3.8, 4) is 6.07 Å². The van der Waals surface area contributed by atoms with Gasteiger partial charge in [0, 0.05) is 20.2 Å². The Morgan fingerprint density at radius 2 is 2.28 bits per heavy atom. The van der Waals surface area contributed by atoms with Gasteiger partial charge in [-0.15, -0.1) is 0 Å². The minimum absolute atomic E-state index is 0.186. The zero-order chi connectivity index (χ0) is 12.8. The maximum atomic E-state index is 9.13. The number of benzene rings is 1. The van der Waals surface area contributed by atoms with E-state index in [-0.39, 0.29) is 6.10 Å². The fourth-order valence-corrected chi connectivity index (χ4v) is 2.30. The largest absolute Gasteiger partial charge is 0.368 e. The molecule has 0 aliphatic carbocycles. The molecule has 4 heteroatoms. The highest BCUT2D eigenvalue weighted by atomic mass is 16.7. The smallest absolute Gasteiger partial charge is 0.146 e. The van der Waals surface area contributed by atoms with E-state index in [2.05, 4.69) is 11.0 Å². The molecule has 1 aliphatic heterocycles. The monoisotopic (exact) mass is 246 g/mol. The zero-order valence-corrected chi connectivity index (χ0v) is 10.6. The number of para-hydroxylation sites is 1. The molecule has 0 aromatic heterocycles. The molecule has 1 unspecified atom stereocenters. The quantitative estimate of drug-likeness (QED) is 0.764. The second-order valence-corrected chi connectivity index (χ2v) is 4.41. The van der Waals surface area contributed by atoms with Crippen LogP contribution in [0, 0.1) is 11.3 Å². The maximum absolute atomic E-state index is 9.13. The minimum Gasteiger partial charge on any atom is -0.368 e. The summed E-state index contributed by atoms with van der Waals surface area (Å²) in [7, 11) is 1.63. The molecule has 1 heterocycles. The third-order valence-electron chi connectivity index (χ3n) is 3.16. The van der Waals surface area contributed by atoms with Crippen LogP contribution in [0.15, 0.2) is 24.3 Å². The maximum Gasteiger partial charge on any atom is 0.146 e. The van der Waals surface area contributed by atoms with E-state index in [4.69, 9.17) is 14.7 Å². The van der Waals surface area contributed by atoms with Gasteiger partial charge < -0.3 is 14.4 Å². The van der Waals surface area contributed by atoms with Crippen LogP contribution in [-0.2, 0) is 9.47 Å². The number of methoxy groups -OCH3 is 1. The second kappa shape index (κ2) is 6.39. The van der Waals surface area contributed by atoms with Crippen molar-refractivity contribution in [3.63, 3.8) is 0 Å². The van der Waals surface area contributed by atoms with Crippen LogP contribution in [0.1, 0.15) is 18.4 Å². The van der Waals surface area contributed by atoms with Crippen LogP contribution in [-0.4, -0.2) is 33.1 Å². The van der Waals surface area contributed by atoms with Gasteiger partial charge in [0.15, 0.2) is 0 Å². The van der Waals surface area contributed by atoms with Gasteiger partial charge in [-0.05, 0) is 25.0 Å². The highest BCUT2D eigenvalue weighted by Crippen LogP contribution is 2.24. The summed E-state index contributed by atoms with van der Waals surface area (Å²) in [5.41, 5.74) is 1.73. The Hall–Kier alpha value is -1.57. The number of hydrogen-bond donors (Lipinski definition) is 0. The van der Waals surface area contributed by atoms with Crippen LogP contribution in [0.5, 0.6) is 0 Å². The fourth-order valence-electron chi connectivity index (χ4n) is 2.30. The van der Waals surface area contributed by atoms with Crippen LogP contribution >= 0.6 is 0 Å². The highest BCUT2D eigenvalue weighted by molar-refractivity contribution is 5.59. The molecule has 1 saturated heterocycles. The third kappa shape index (κ3) is 3.00. The number of ether oxygens (including phenoxy) is 2. The Kier molecular flexibility index (Phi) is 4.57. The van der Waals surface area contributed by atoms with E-state index in [1.807, 2.05) is 24.3 Å². The van der Waals surface area contributed by atoms with E-state index in [1.54, 1.807) is 7.11 Å². The summed E-state index contributed by atoms with van der Waals surface area (Å²) in [6, 6.07) is 9.96. The van der Waals surface area contributed by atoms with Crippen LogP contribution in [0.3, 0.4) is 0 Å². The van der Waals surface area contributed by atoms with Gasteiger partial charge in [-0.2, -0.15) is 5.26 Å². The average Bonchev–Trinajstić information content (AvgIpc) is 2.45. The molecule has 0 amide bonds. The van der Waals surface area contributed by atoms with Crippen molar-refractivity contribution < 1.29 is 9.47 Å². The standard InChI is InChI=1S/C14H18N2O2/c1-17-11-18-13-6-4-8-16(10-13)14-7-3-2-5-12(14)9-15/h2-3,5,7,13H,4,6,8,10-11H2,1H3. The van der Waals surface area contributed by atoms with Crippen molar-refractivity contribution in [2.45, 2.75) is 18.9 Å². The molecule has 1 aromatic carbocycles. The Morgan fingerprint density at radius 3 is 3.06 bits per heavy atom. The molecular formula is C14H18N2O2. The molecule has 1 fully saturated rings. The van der Waals surface area contributed by atoms with E-state index in [9.17, 15) is 0 Å². The molecule has 0 spiro atoms. The summed E-state index contributed by atoms with van der Waals surface area (Å²) in [4.78, 5) is 2.22. The number of piperidine rings is 1. The molecule has 18 heavy (non-hydrogen) atoms. The summed E-state index contributed by atoms with van der Waals surface area (Å²) < 4.78 is 10.5. The van der Waals surface area contributed by atoms with Crippen LogP contribution < -0.4 is 4.90 Å². The van der Waals surface area contributed by atoms with Gasteiger partial charge in [0.05, 0.1) is 17.4 Å². The van der Waals surface area contributed by atoms with Crippen molar-refractivity contribution in [1.29, 1.82) is 5.26 Å². The summed E-state index contributed by atoms with van der Waals surface area (Å²) in [5.74, 6) is 0. The predicted octanol–water partition coefficient (Wildman–Crippen LogP) is 2.15. The summed E-state index contributed by atoms with van der Waals surface area (Å²) in [5, 5.41) is 9.13. The molecule has 96 valence electrons. The molecule has 0 radical (unpaired) electrons. The summed E-state index contributed by atoms with van der Waals surface area (Å²) in [6.45, 7) is 2.13. The topological polar surface area (TPSA) is 45.5 Å². The first-order valence-corrected chi connectivity index (χ1v) is 6.19. The highest BCUT2D eigenvalue weighted by Gasteiger charge is 2.22. The molecule has 0 bridgehead atoms. The van der Waals surface area contributed by atoms with Gasteiger partial charge in [-0.3, -0.25) is 0 Å².